The van der Waals surface area contributed by atoms with E-state index in [4.69, 9.17) is 5.73 Å². The Labute approximate surface area is 81.3 Å². The molecule has 0 radical (unpaired) electrons. The van der Waals surface area contributed by atoms with E-state index in [1.165, 1.54) is 18.2 Å². The molecule has 1 aromatic rings. The van der Waals surface area contributed by atoms with Crippen LogP contribution in [0.25, 0.3) is 0 Å². The maximum absolute atomic E-state index is 13.1. The van der Waals surface area contributed by atoms with Crippen LogP contribution in [0.15, 0.2) is 18.2 Å². The summed E-state index contributed by atoms with van der Waals surface area (Å²) in [5, 5.41) is 4.83. The Morgan fingerprint density at radius 1 is 1.57 bits per heavy atom. The van der Waals surface area contributed by atoms with Gasteiger partial charge in [0.1, 0.15) is 5.82 Å². The van der Waals surface area contributed by atoms with Crippen molar-refractivity contribution in [2.45, 2.75) is 6.92 Å². The van der Waals surface area contributed by atoms with Crippen LogP contribution in [0, 0.1) is 5.82 Å². The summed E-state index contributed by atoms with van der Waals surface area (Å²) in [6, 6.07) is 3.55. The molecule has 76 valence electrons. The van der Waals surface area contributed by atoms with Crippen molar-refractivity contribution in [2.75, 3.05) is 17.6 Å². The van der Waals surface area contributed by atoms with Gasteiger partial charge in [-0.05, 0) is 25.1 Å². The van der Waals surface area contributed by atoms with E-state index in [-0.39, 0.29) is 5.69 Å². The van der Waals surface area contributed by atoms with Crippen molar-refractivity contribution >= 4 is 17.4 Å². The van der Waals surface area contributed by atoms with Gasteiger partial charge >= 0.3 is 6.03 Å². The molecule has 0 unspecified atom stereocenters. The summed E-state index contributed by atoms with van der Waals surface area (Å²) in [4.78, 5) is 11.0. The van der Waals surface area contributed by atoms with Gasteiger partial charge in [0, 0.05) is 12.2 Å². The Balaban J connectivity index is 2.75. The summed E-state index contributed by atoms with van der Waals surface area (Å²) >= 11 is 0. The highest BCUT2D eigenvalue weighted by atomic mass is 19.1. The molecule has 0 saturated carbocycles. The lowest BCUT2D eigenvalue weighted by Gasteiger charge is -2.07. The molecule has 0 heterocycles. The van der Waals surface area contributed by atoms with Gasteiger partial charge in [0.05, 0.1) is 5.69 Å². The van der Waals surface area contributed by atoms with E-state index in [0.717, 1.165) is 0 Å². The van der Waals surface area contributed by atoms with Gasteiger partial charge in [0.15, 0.2) is 0 Å². The van der Waals surface area contributed by atoms with Crippen molar-refractivity contribution in [3.63, 3.8) is 0 Å². The number of hydrogen-bond donors (Lipinski definition) is 3. The second kappa shape index (κ2) is 4.45. The number of nitrogen functional groups attached to an aromatic ring is 1. The number of benzene rings is 1. The van der Waals surface area contributed by atoms with Crippen LogP contribution in [0.4, 0.5) is 20.6 Å². The number of halogens is 1. The highest BCUT2D eigenvalue weighted by Gasteiger charge is 2.05. The predicted octanol–water partition coefficient (Wildman–Crippen LogP) is 1.55. The van der Waals surface area contributed by atoms with E-state index in [0.29, 0.717) is 12.2 Å². The van der Waals surface area contributed by atoms with Gasteiger partial charge in [-0.2, -0.15) is 0 Å². The number of carbonyl (C=O) groups excluding carboxylic acids is 1. The third-order valence-electron chi connectivity index (χ3n) is 1.58. The topological polar surface area (TPSA) is 67.2 Å². The second-order valence-corrected chi connectivity index (χ2v) is 2.72. The quantitative estimate of drug-likeness (QED) is 0.629. The van der Waals surface area contributed by atoms with Crippen LogP contribution in [0.5, 0.6) is 0 Å². The summed E-state index contributed by atoms with van der Waals surface area (Å²) in [6.07, 6.45) is 0. The summed E-state index contributed by atoms with van der Waals surface area (Å²) in [7, 11) is 0. The molecule has 0 spiro atoms. The molecule has 5 heteroatoms. The van der Waals surface area contributed by atoms with Crippen molar-refractivity contribution in [3.05, 3.63) is 24.0 Å². The molecule has 2 amide bonds. The Bertz CT molecular complexity index is 341. The van der Waals surface area contributed by atoms with Crippen LogP contribution in [0.2, 0.25) is 0 Å². The molecule has 4 N–H and O–H groups in total. The first-order chi connectivity index (χ1) is 6.63. The van der Waals surface area contributed by atoms with Crippen LogP contribution in [-0.2, 0) is 0 Å². The highest BCUT2D eigenvalue weighted by Crippen LogP contribution is 2.16. The van der Waals surface area contributed by atoms with Crippen LogP contribution in [-0.4, -0.2) is 12.6 Å². The molecule has 1 aromatic carbocycles. The van der Waals surface area contributed by atoms with Gasteiger partial charge in [0.25, 0.3) is 0 Å². The molecule has 0 saturated heterocycles. The van der Waals surface area contributed by atoms with E-state index >= 15 is 0 Å². The van der Waals surface area contributed by atoms with Crippen molar-refractivity contribution < 1.29 is 9.18 Å². The minimum Gasteiger partial charge on any atom is -0.399 e. The molecule has 0 aromatic heterocycles. The van der Waals surface area contributed by atoms with E-state index in [1.807, 2.05) is 0 Å². The summed E-state index contributed by atoms with van der Waals surface area (Å²) in [5.41, 5.74) is 5.92. The van der Waals surface area contributed by atoms with E-state index in [1.54, 1.807) is 6.92 Å². The third kappa shape index (κ3) is 2.62. The molecule has 0 aliphatic heterocycles. The summed E-state index contributed by atoms with van der Waals surface area (Å²) in [5.74, 6) is -0.509. The second-order valence-electron chi connectivity index (χ2n) is 2.72. The van der Waals surface area contributed by atoms with Gasteiger partial charge in [-0.1, -0.05) is 0 Å². The van der Waals surface area contributed by atoms with Crippen LogP contribution >= 0.6 is 0 Å². The molecule has 0 atom stereocenters. The van der Waals surface area contributed by atoms with Crippen LogP contribution in [0.3, 0.4) is 0 Å². The Morgan fingerprint density at radius 2 is 2.29 bits per heavy atom. The van der Waals surface area contributed by atoms with Crippen molar-refractivity contribution in [1.82, 2.24) is 5.32 Å². The largest absolute Gasteiger partial charge is 0.399 e. The number of carbonyl (C=O) groups is 1. The first kappa shape index (κ1) is 10.3. The number of hydrogen-bond acceptors (Lipinski definition) is 2. The average Bonchev–Trinajstić information content (AvgIpc) is 2.12. The zero-order chi connectivity index (χ0) is 10.6. The fourth-order valence-electron chi connectivity index (χ4n) is 0.966. The lowest BCUT2D eigenvalue weighted by Crippen LogP contribution is -2.28. The lowest BCUT2D eigenvalue weighted by molar-refractivity contribution is 0.252. The first-order valence-corrected chi connectivity index (χ1v) is 4.23. The molecule has 0 aliphatic carbocycles. The smallest absolute Gasteiger partial charge is 0.319 e. The van der Waals surface area contributed by atoms with Gasteiger partial charge in [-0.3, -0.25) is 0 Å². The maximum Gasteiger partial charge on any atom is 0.319 e. The SMILES string of the molecule is CCNC(=O)Nc1cc(N)ccc1F. The van der Waals surface area contributed by atoms with Crippen LogP contribution < -0.4 is 16.4 Å². The molecular weight excluding hydrogens is 185 g/mol. The van der Waals surface area contributed by atoms with Gasteiger partial charge in [0.2, 0.25) is 0 Å². The van der Waals surface area contributed by atoms with Crippen molar-refractivity contribution in [3.8, 4) is 0 Å². The molecule has 1 rings (SSSR count). The lowest BCUT2D eigenvalue weighted by atomic mass is 10.2. The number of amides is 2. The zero-order valence-electron chi connectivity index (χ0n) is 7.80. The Morgan fingerprint density at radius 3 is 2.93 bits per heavy atom. The summed E-state index contributed by atoms with van der Waals surface area (Å²) in [6.45, 7) is 2.26. The van der Waals surface area contributed by atoms with E-state index in [9.17, 15) is 9.18 Å². The fourth-order valence-corrected chi connectivity index (χ4v) is 0.966. The molecule has 14 heavy (non-hydrogen) atoms. The highest BCUT2D eigenvalue weighted by molar-refractivity contribution is 5.89. The Hall–Kier alpha value is -1.78. The zero-order valence-corrected chi connectivity index (χ0v) is 7.80. The van der Waals surface area contributed by atoms with Crippen LogP contribution in [0.1, 0.15) is 6.92 Å². The third-order valence-corrected chi connectivity index (χ3v) is 1.58. The number of urea groups is 1. The number of nitrogens with two attached hydrogens (primary N) is 1. The molecular formula is C9H12FN3O. The summed E-state index contributed by atoms with van der Waals surface area (Å²) < 4.78 is 13.1. The number of nitrogens with one attached hydrogen (secondary N) is 2. The maximum atomic E-state index is 13.1. The minimum absolute atomic E-state index is 0.0796. The Kier molecular flexibility index (Phi) is 3.28. The number of anilines is 2. The molecule has 4 nitrogen and oxygen atoms in total. The van der Waals surface area contributed by atoms with Gasteiger partial charge in [-0.15, -0.1) is 0 Å². The van der Waals surface area contributed by atoms with E-state index in [2.05, 4.69) is 10.6 Å². The van der Waals surface area contributed by atoms with Crippen molar-refractivity contribution in [2.24, 2.45) is 0 Å². The molecule has 0 aliphatic rings. The van der Waals surface area contributed by atoms with E-state index < -0.39 is 11.8 Å². The van der Waals surface area contributed by atoms with Gasteiger partial charge < -0.3 is 16.4 Å². The molecule has 0 fully saturated rings. The predicted molar refractivity (Wildman–Crippen MR) is 53.5 cm³/mol. The standard InChI is InChI=1S/C9H12FN3O/c1-2-12-9(14)13-8-5-6(11)3-4-7(8)10/h3-5H,2,11H2,1H3,(H2,12,13,14). The molecule has 0 bridgehead atoms. The minimum atomic E-state index is -0.509. The average molecular weight is 197 g/mol. The number of rotatable bonds is 2. The first-order valence-electron chi connectivity index (χ1n) is 4.23. The normalized spacial score (nSPS) is 9.57. The monoisotopic (exact) mass is 197 g/mol. The van der Waals surface area contributed by atoms with Gasteiger partial charge in [-0.25, -0.2) is 9.18 Å². The van der Waals surface area contributed by atoms with Crippen molar-refractivity contribution in [1.29, 1.82) is 0 Å². The fraction of sp³-hybridized carbons (Fsp3) is 0.222.